The van der Waals surface area contributed by atoms with Gasteiger partial charge in [-0.15, -0.1) is 0 Å². The van der Waals surface area contributed by atoms with Gasteiger partial charge >= 0.3 is 0 Å². The van der Waals surface area contributed by atoms with E-state index in [1.165, 1.54) is 17.4 Å². The van der Waals surface area contributed by atoms with Crippen molar-refractivity contribution in [3.05, 3.63) is 58.9 Å². The van der Waals surface area contributed by atoms with Crippen molar-refractivity contribution in [2.75, 3.05) is 62.4 Å². The van der Waals surface area contributed by atoms with E-state index in [1.807, 2.05) is 37.3 Å². The fraction of sp³-hybridized carbons (Fsp3) is 0.423. The van der Waals surface area contributed by atoms with E-state index in [4.69, 9.17) is 4.74 Å². The zero-order valence-electron chi connectivity index (χ0n) is 20.6. The van der Waals surface area contributed by atoms with Crippen LogP contribution in [0.25, 0.3) is 10.9 Å². The van der Waals surface area contributed by atoms with Gasteiger partial charge in [-0.1, -0.05) is 30.8 Å². The van der Waals surface area contributed by atoms with Crippen LogP contribution in [0.2, 0.25) is 0 Å². The lowest BCUT2D eigenvalue weighted by Gasteiger charge is -2.35. The summed E-state index contributed by atoms with van der Waals surface area (Å²) in [5.74, 6) is -0.00162. The van der Waals surface area contributed by atoms with Crippen molar-refractivity contribution in [1.29, 1.82) is 0 Å². The molecule has 2 aromatic carbocycles. The van der Waals surface area contributed by atoms with Crippen LogP contribution in [-0.4, -0.2) is 72.6 Å². The van der Waals surface area contributed by atoms with E-state index in [9.17, 15) is 9.59 Å². The zero-order chi connectivity index (χ0) is 24.8. The number of anilines is 2. The van der Waals surface area contributed by atoms with Crippen molar-refractivity contribution in [3.8, 4) is 0 Å². The van der Waals surface area contributed by atoms with Crippen LogP contribution < -0.4 is 15.8 Å². The van der Waals surface area contributed by atoms with Crippen LogP contribution in [0.5, 0.6) is 0 Å². The van der Waals surface area contributed by atoms with Crippen molar-refractivity contribution in [2.45, 2.75) is 25.0 Å². The Morgan fingerprint density at radius 2 is 1.83 bits per heavy atom. The van der Waals surface area contributed by atoms with Gasteiger partial charge in [0, 0.05) is 44.7 Å². The summed E-state index contributed by atoms with van der Waals surface area (Å²) in [4.78, 5) is 35.4. The minimum absolute atomic E-state index is 0.126. The van der Waals surface area contributed by atoms with Crippen LogP contribution in [0.15, 0.2) is 58.5 Å². The summed E-state index contributed by atoms with van der Waals surface area (Å²) in [5, 5.41) is 4.02. The van der Waals surface area contributed by atoms with Crippen molar-refractivity contribution in [1.82, 2.24) is 14.5 Å². The predicted molar refractivity (Wildman–Crippen MR) is 143 cm³/mol. The van der Waals surface area contributed by atoms with E-state index >= 15 is 0 Å². The summed E-state index contributed by atoms with van der Waals surface area (Å²) in [7, 11) is 1.60. The normalized spacial score (nSPS) is 15.3. The van der Waals surface area contributed by atoms with Crippen LogP contribution in [-0.2, 0) is 9.53 Å². The standard InChI is InChI=1S/C26H33N5O3S/c1-4-29-13-15-30(16-14-29)21-11-9-20(10-12-21)27-24(32)18-35-26-28-23-8-6-5-7-22(23)25(33)31(26)19(2)17-34-3/h5-12,19H,4,13-18H2,1-3H3,(H,27,32)/t19-/m1/s1. The number of piperazine rings is 1. The number of methoxy groups -OCH3 is 1. The molecule has 35 heavy (non-hydrogen) atoms. The molecular weight excluding hydrogens is 462 g/mol. The van der Waals surface area contributed by atoms with Crippen molar-refractivity contribution >= 4 is 39.9 Å². The number of likely N-dealkylation sites (N-methyl/N-ethyl adjacent to an activating group) is 1. The highest BCUT2D eigenvalue weighted by molar-refractivity contribution is 7.99. The van der Waals surface area contributed by atoms with Gasteiger partial charge in [0.25, 0.3) is 5.56 Å². The van der Waals surface area contributed by atoms with Gasteiger partial charge in [-0.3, -0.25) is 14.2 Å². The van der Waals surface area contributed by atoms with Crippen LogP contribution >= 0.6 is 11.8 Å². The molecule has 1 fully saturated rings. The number of nitrogens with one attached hydrogen (secondary N) is 1. The van der Waals surface area contributed by atoms with Gasteiger partial charge in [-0.2, -0.15) is 0 Å². The average molecular weight is 496 g/mol. The highest BCUT2D eigenvalue weighted by atomic mass is 32.2. The van der Waals surface area contributed by atoms with E-state index in [0.29, 0.717) is 22.7 Å². The number of ether oxygens (including phenoxy) is 1. The molecule has 0 saturated carbocycles. The lowest BCUT2D eigenvalue weighted by Crippen LogP contribution is -2.46. The fourth-order valence-electron chi connectivity index (χ4n) is 4.34. The highest BCUT2D eigenvalue weighted by Gasteiger charge is 2.18. The van der Waals surface area contributed by atoms with Crippen LogP contribution in [0.3, 0.4) is 0 Å². The third-order valence-corrected chi connectivity index (χ3v) is 7.24. The summed E-state index contributed by atoms with van der Waals surface area (Å²) < 4.78 is 6.89. The van der Waals surface area contributed by atoms with Gasteiger partial charge in [-0.05, 0) is 49.9 Å². The molecule has 1 aliphatic heterocycles. The Morgan fingerprint density at radius 1 is 1.11 bits per heavy atom. The summed E-state index contributed by atoms with van der Waals surface area (Å²) in [6, 6.07) is 15.1. The number of carbonyl (C=O) groups is 1. The molecule has 1 N–H and O–H groups in total. The van der Waals surface area contributed by atoms with Gasteiger partial charge in [0.05, 0.1) is 29.3 Å². The first-order valence-corrected chi connectivity index (χ1v) is 13.0. The lowest BCUT2D eigenvalue weighted by atomic mass is 10.2. The number of thioether (sulfide) groups is 1. The number of carbonyl (C=O) groups excluding carboxylic acids is 1. The van der Waals surface area contributed by atoms with Crippen LogP contribution in [0.4, 0.5) is 11.4 Å². The first-order valence-electron chi connectivity index (χ1n) is 12.0. The number of rotatable bonds is 9. The Bertz CT molecular complexity index is 1210. The first kappa shape index (κ1) is 25.2. The molecule has 0 aliphatic carbocycles. The second-order valence-electron chi connectivity index (χ2n) is 8.70. The maximum absolute atomic E-state index is 13.1. The molecule has 0 spiro atoms. The van der Waals surface area contributed by atoms with Gasteiger partial charge in [0.2, 0.25) is 5.91 Å². The first-order chi connectivity index (χ1) is 17.0. The minimum atomic E-state index is -0.207. The Labute approximate surface area is 210 Å². The topological polar surface area (TPSA) is 79.7 Å². The van der Waals surface area contributed by atoms with E-state index in [1.54, 1.807) is 17.7 Å². The fourth-order valence-corrected chi connectivity index (χ4v) is 5.23. The van der Waals surface area contributed by atoms with Crippen molar-refractivity contribution < 1.29 is 9.53 Å². The largest absolute Gasteiger partial charge is 0.383 e. The molecule has 186 valence electrons. The molecule has 1 aromatic heterocycles. The quantitative estimate of drug-likeness (QED) is 0.360. The Kier molecular flexibility index (Phi) is 8.43. The lowest BCUT2D eigenvalue weighted by molar-refractivity contribution is -0.113. The number of hydrogen-bond acceptors (Lipinski definition) is 7. The Hall–Kier alpha value is -2.88. The maximum atomic E-state index is 13.1. The van der Waals surface area contributed by atoms with Gasteiger partial charge in [0.1, 0.15) is 0 Å². The molecule has 0 bridgehead atoms. The number of amides is 1. The summed E-state index contributed by atoms with van der Waals surface area (Å²) in [6.45, 7) is 9.74. The second-order valence-corrected chi connectivity index (χ2v) is 9.64. The van der Waals surface area contributed by atoms with Crippen LogP contribution in [0.1, 0.15) is 19.9 Å². The molecule has 1 atom stereocenters. The third-order valence-electron chi connectivity index (χ3n) is 6.29. The molecule has 9 heteroatoms. The predicted octanol–water partition coefficient (Wildman–Crippen LogP) is 3.48. The van der Waals surface area contributed by atoms with E-state index in [-0.39, 0.29) is 23.3 Å². The molecule has 0 unspecified atom stereocenters. The minimum Gasteiger partial charge on any atom is -0.383 e. The van der Waals surface area contributed by atoms with Crippen LogP contribution in [0, 0.1) is 0 Å². The number of fused-ring (bicyclic) bond motifs is 1. The molecule has 1 aliphatic rings. The van der Waals surface area contributed by atoms with E-state index < -0.39 is 0 Å². The average Bonchev–Trinajstić information content (AvgIpc) is 2.88. The van der Waals surface area contributed by atoms with Gasteiger partial charge in [-0.25, -0.2) is 4.98 Å². The zero-order valence-corrected chi connectivity index (χ0v) is 21.4. The second kappa shape index (κ2) is 11.7. The number of aromatic nitrogens is 2. The summed E-state index contributed by atoms with van der Waals surface area (Å²) in [6.07, 6.45) is 0. The number of para-hydroxylation sites is 1. The Balaban J connectivity index is 1.42. The summed E-state index contributed by atoms with van der Waals surface area (Å²) >= 11 is 1.26. The Morgan fingerprint density at radius 3 is 2.51 bits per heavy atom. The smallest absolute Gasteiger partial charge is 0.262 e. The molecule has 4 rings (SSSR count). The molecule has 1 saturated heterocycles. The van der Waals surface area contributed by atoms with Gasteiger partial charge < -0.3 is 19.9 Å². The third kappa shape index (κ3) is 6.04. The molecule has 0 radical (unpaired) electrons. The van der Waals surface area contributed by atoms with E-state index in [0.717, 1.165) is 38.4 Å². The van der Waals surface area contributed by atoms with Crippen molar-refractivity contribution in [3.63, 3.8) is 0 Å². The highest BCUT2D eigenvalue weighted by Crippen LogP contribution is 2.23. The number of benzene rings is 2. The molecule has 1 amide bonds. The molecular formula is C26H33N5O3S. The number of hydrogen-bond donors (Lipinski definition) is 1. The summed E-state index contributed by atoms with van der Waals surface area (Å²) in [5.41, 5.74) is 2.42. The SMILES string of the molecule is CCN1CCN(c2ccc(NC(=O)CSc3nc4ccccc4c(=O)n3[C@H](C)COC)cc2)CC1. The van der Waals surface area contributed by atoms with Crippen molar-refractivity contribution in [2.24, 2.45) is 0 Å². The molecule has 3 aromatic rings. The van der Waals surface area contributed by atoms with Gasteiger partial charge in [0.15, 0.2) is 5.16 Å². The number of nitrogens with zero attached hydrogens (tertiary/aromatic N) is 4. The molecule has 2 heterocycles. The van der Waals surface area contributed by atoms with E-state index in [2.05, 4.69) is 39.2 Å². The monoisotopic (exact) mass is 495 g/mol. The maximum Gasteiger partial charge on any atom is 0.262 e. The molecule has 8 nitrogen and oxygen atoms in total.